The monoisotopic (exact) mass is 221 g/mol. The van der Waals surface area contributed by atoms with Crippen LogP contribution in [0.15, 0.2) is 30.3 Å². The molecule has 2 unspecified atom stereocenters. The van der Waals surface area contributed by atoms with Gasteiger partial charge in [-0.25, -0.2) is 0 Å². The zero-order chi connectivity index (χ0) is 11.8. The van der Waals surface area contributed by atoms with E-state index in [2.05, 4.69) is 38.2 Å². The van der Waals surface area contributed by atoms with Crippen molar-refractivity contribution in [2.45, 2.75) is 45.9 Å². The normalized spacial score (nSPS) is 14.7. The summed E-state index contributed by atoms with van der Waals surface area (Å²) in [5, 5.41) is 3.44. The first-order valence-corrected chi connectivity index (χ1v) is 6.13. The third-order valence-electron chi connectivity index (χ3n) is 2.78. The van der Waals surface area contributed by atoms with Gasteiger partial charge in [-0.2, -0.15) is 0 Å². The average Bonchev–Trinajstić information content (AvgIpc) is 2.34. The summed E-state index contributed by atoms with van der Waals surface area (Å²) in [6, 6.07) is 10.7. The van der Waals surface area contributed by atoms with E-state index in [4.69, 9.17) is 4.74 Å². The zero-order valence-corrected chi connectivity index (χ0v) is 10.6. The largest absolute Gasteiger partial charge is 0.372 e. The maximum Gasteiger partial charge on any atom is 0.0721 e. The van der Waals surface area contributed by atoms with Gasteiger partial charge in [0.25, 0.3) is 0 Å². The third kappa shape index (κ3) is 4.77. The molecule has 0 saturated heterocycles. The summed E-state index contributed by atoms with van der Waals surface area (Å²) < 4.78 is 5.82. The number of hydrogen-bond acceptors (Lipinski definition) is 2. The van der Waals surface area contributed by atoms with Gasteiger partial charge in [0.15, 0.2) is 0 Å². The quantitative estimate of drug-likeness (QED) is 0.764. The average molecular weight is 221 g/mol. The van der Waals surface area contributed by atoms with E-state index in [0.717, 1.165) is 13.0 Å². The molecule has 1 rings (SSSR count). The van der Waals surface area contributed by atoms with Crippen LogP contribution in [-0.4, -0.2) is 18.7 Å². The topological polar surface area (TPSA) is 21.3 Å². The van der Waals surface area contributed by atoms with Crippen LogP contribution in [0.3, 0.4) is 0 Å². The number of hydrogen-bond donors (Lipinski definition) is 1. The van der Waals surface area contributed by atoms with Gasteiger partial charge in [0.05, 0.1) is 12.7 Å². The fourth-order valence-electron chi connectivity index (χ4n) is 1.48. The second kappa shape index (κ2) is 7.42. The van der Waals surface area contributed by atoms with Crippen LogP contribution in [0.4, 0.5) is 0 Å². The Morgan fingerprint density at radius 2 is 1.88 bits per heavy atom. The maximum absolute atomic E-state index is 5.82. The molecular weight excluding hydrogens is 198 g/mol. The number of rotatable bonds is 7. The Bertz CT molecular complexity index is 273. The molecule has 2 heteroatoms. The molecule has 0 saturated carbocycles. The van der Waals surface area contributed by atoms with Crippen molar-refractivity contribution >= 4 is 0 Å². The van der Waals surface area contributed by atoms with Gasteiger partial charge in [0, 0.05) is 6.04 Å². The van der Waals surface area contributed by atoms with Crippen LogP contribution in [0.2, 0.25) is 0 Å². The van der Waals surface area contributed by atoms with Crippen LogP contribution >= 0.6 is 0 Å². The predicted molar refractivity (Wildman–Crippen MR) is 68.4 cm³/mol. The number of benzene rings is 1. The smallest absolute Gasteiger partial charge is 0.0721 e. The predicted octanol–water partition coefficient (Wildman–Crippen LogP) is 2.98. The first-order chi connectivity index (χ1) is 7.74. The van der Waals surface area contributed by atoms with Gasteiger partial charge < -0.3 is 10.1 Å². The van der Waals surface area contributed by atoms with Crippen molar-refractivity contribution in [2.75, 3.05) is 6.54 Å². The molecular formula is C14H23NO. The lowest BCUT2D eigenvalue weighted by Crippen LogP contribution is -2.37. The van der Waals surface area contributed by atoms with Gasteiger partial charge in [0.2, 0.25) is 0 Å². The Hall–Kier alpha value is -0.860. The molecule has 0 spiro atoms. The molecule has 1 aromatic carbocycles. The lowest BCUT2D eigenvalue weighted by atomic mass is 10.2. The molecule has 0 radical (unpaired) electrons. The molecule has 1 N–H and O–H groups in total. The first kappa shape index (κ1) is 13.2. The van der Waals surface area contributed by atoms with E-state index in [9.17, 15) is 0 Å². The highest BCUT2D eigenvalue weighted by molar-refractivity contribution is 5.13. The van der Waals surface area contributed by atoms with E-state index in [1.807, 2.05) is 18.2 Å². The maximum atomic E-state index is 5.82. The molecule has 0 fully saturated rings. The highest BCUT2D eigenvalue weighted by Gasteiger charge is 2.11. The summed E-state index contributed by atoms with van der Waals surface area (Å²) in [6.45, 7) is 8.22. The molecule has 0 aliphatic heterocycles. The summed E-state index contributed by atoms with van der Waals surface area (Å²) in [5.74, 6) is 0. The molecule has 0 bridgehead atoms. The van der Waals surface area contributed by atoms with Crippen molar-refractivity contribution in [3.63, 3.8) is 0 Å². The lowest BCUT2D eigenvalue weighted by molar-refractivity contribution is 0.0314. The van der Waals surface area contributed by atoms with Crippen molar-refractivity contribution in [2.24, 2.45) is 0 Å². The van der Waals surface area contributed by atoms with E-state index in [1.54, 1.807) is 0 Å². The summed E-state index contributed by atoms with van der Waals surface area (Å²) in [7, 11) is 0. The third-order valence-corrected chi connectivity index (χ3v) is 2.78. The minimum Gasteiger partial charge on any atom is -0.372 e. The van der Waals surface area contributed by atoms with Crippen molar-refractivity contribution in [1.82, 2.24) is 5.32 Å². The van der Waals surface area contributed by atoms with Gasteiger partial charge in [-0.1, -0.05) is 37.3 Å². The Kier molecular flexibility index (Phi) is 6.12. The summed E-state index contributed by atoms with van der Waals surface area (Å²) >= 11 is 0. The van der Waals surface area contributed by atoms with Crippen LogP contribution in [-0.2, 0) is 11.3 Å². The molecule has 90 valence electrons. The standard InChI is InChI=1S/C14H23NO/c1-4-10-15-12(2)13(3)16-11-14-8-6-5-7-9-14/h5-9,12-13,15H,4,10-11H2,1-3H3. The summed E-state index contributed by atoms with van der Waals surface area (Å²) in [6.07, 6.45) is 1.40. The molecule has 0 aromatic heterocycles. The van der Waals surface area contributed by atoms with Crippen LogP contribution in [0.25, 0.3) is 0 Å². The zero-order valence-electron chi connectivity index (χ0n) is 10.6. The van der Waals surface area contributed by atoms with Gasteiger partial charge in [-0.15, -0.1) is 0 Å². The van der Waals surface area contributed by atoms with Gasteiger partial charge in [-0.05, 0) is 32.4 Å². The second-order valence-corrected chi connectivity index (χ2v) is 4.24. The molecule has 1 aromatic rings. The van der Waals surface area contributed by atoms with E-state index < -0.39 is 0 Å². The van der Waals surface area contributed by atoms with Crippen LogP contribution in [0, 0.1) is 0 Å². The Morgan fingerprint density at radius 3 is 2.50 bits per heavy atom. The van der Waals surface area contributed by atoms with E-state index in [1.165, 1.54) is 5.56 Å². The fraction of sp³-hybridized carbons (Fsp3) is 0.571. The van der Waals surface area contributed by atoms with E-state index >= 15 is 0 Å². The molecule has 0 amide bonds. The van der Waals surface area contributed by atoms with Crippen molar-refractivity contribution < 1.29 is 4.74 Å². The Balaban J connectivity index is 2.26. The number of nitrogens with one attached hydrogen (secondary N) is 1. The second-order valence-electron chi connectivity index (χ2n) is 4.24. The Morgan fingerprint density at radius 1 is 1.19 bits per heavy atom. The van der Waals surface area contributed by atoms with E-state index in [0.29, 0.717) is 12.6 Å². The van der Waals surface area contributed by atoms with Gasteiger partial charge >= 0.3 is 0 Å². The van der Waals surface area contributed by atoms with Crippen molar-refractivity contribution in [3.05, 3.63) is 35.9 Å². The highest BCUT2D eigenvalue weighted by atomic mass is 16.5. The van der Waals surface area contributed by atoms with Gasteiger partial charge in [-0.3, -0.25) is 0 Å². The van der Waals surface area contributed by atoms with Crippen molar-refractivity contribution in [3.8, 4) is 0 Å². The van der Waals surface area contributed by atoms with Crippen molar-refractivity contribution in [1.29, 1.82) is 0 Å². The molecule has 2 nitrogen and oxygen atoms in total. The molecule has 0 aliphatic rings. The van der Waals surface area contributed by atoms with Crippen LogP contribution < -0.4 is 5.32 Å². The SMILES string of the molecule is CCCNC(C)C(C)OCc1ccccc1. The molecule has 16 heavy (non-hydrogen) atoms. The molecule has 0 aliphatic carbocycles. The minimum atomic E-state index is 0.242. The summed E-state index contributed by atoms with van der Waals surface area (Å²) in [4.78, 5) is 0. The number of ether oxygens (including phenoxy) is 1. The van der Waals surface area contributed by atoms with Crippen LogP contribution in [0.1, 0.15) is 32.8 Å². The van der Waals surface area contributed by atoms with E-state index in [-0.39, 0.29) is 6.10 Å². The molecule has 0 heterocycles. The van der Waals surface area contributed by atoms with Crippen LogP contribution in [0.5, 0.6) is 0 Å². The summed E-state index contributed by atoms with van der Waals surface area (Å²) in [5.41, 5.74) is 1.23. The lowest BCUT2D eigenvalue weighted by Gasteiger charge is -2.21. The first-order valence-electron chi connectivity index (χ1n) is 6.13. The fourth-order valence-corrected chi connectivity index (χ4v) is 1.48. The highest BCUT2D eigenvalue weighted by Crippen LogP contribution is 2.05. The van der Waals surface area contributed by atoms with Gasteiger partial charge in [0.1, 0.15) is 0 Å². The minimum absolute atomic E-state index is 0.242. The molecule has 2 atom stereocenters. The Labute approximate surface area is 99.0 Å².